The van der Waals surface area contributed by atoms with E-state index in [1.807, 2.05) is 38.1 Å². The van der Waals surface area contributed by atoms with Crippen LogP contribution in [0.1, 0.15) is 32.3 Å². The number of hydrogen-bond acceptors (Lipinski definition) is 3. The zero-order valence-corrected chi connectivity index (χ0v) is 13.8. The predicted molar refractivity (Wildman–Crippen MR) is 90.0 cm³/mol. The minimum absolute atomic E-state index is 0. The van der Waals surface area contributed by atoms with Crippen molar-refractivity contribution in [3.63, 3.8) is 0 Å². The van der Waals surface area contributed by atoms with Crippen LogP contribution >= 0.6 is 12.4 Å². The second-order valence-electron chi connectivity index (χ2n) is 5.71. The summed E-state index contributed by atoms with van der Waals surface area (Å²) in [6.07, 6.45) is 1.97. The molecule has 3 N–H and O–H groups in total. The van der Waals surface area contributed by atoms with E-state index in [1.54, 1.807) is 0 Å². The van der Waals surface area contributed by atoms with Crippen LogP contribution in [0.25, 0.3) is 0 Å². The molecule has 6 heteroatoms. The molecule has 1 atom stereocenters. The van der Waals surface area contributed by atoms with Crippen LogP contribution in [0.2, 0.25) is 0 Å². The summed E-state index contributed by atoms with van der Waals surface area (Å²) in [6, 6.07) is 7.50. The highest BCUT2D eigenvalue weighted by Gasteiger charge is 2.21. The van der Waals surface area contributed by atoms with E-state index in [2.05, 4.69) is 16.0 Å². The maximum absolute atomic E-state index is 11.9. The molecule has 0 spiro atoms. The van der Waals surface area contributed by atoms with Crippen LogP contribution in [0.5, 0.6) is 0 Å². The fourth-order valence-corrected chi connectivity index (χ4v) is 2.21. The van der Waals surface area contributed by atoms with Gasteiger partial charge in [-0.05, 0) is 37.1 Å². The molecule has 0 aromatic heterocycles. The third kappa shape index (κ3) is 5.31. The third-order valence-electron chi connectivity index (χ3n) is 3.59. The Morgan fingerprint density at radius 3 is 2.50 bits per heavy atom. The van der Waals surface area contributed by atoms with Crippen LogP contribution in [0, 0.1) is 5.92 Å². The fraction of sp³-hybridized carbons (Fsp3) is 0.500. The molecule has 1 fully saturated rings. The van der Waals surface area contributed by atoms with Crippen LogP contribution in [0.3, 0.4) is 0 Å². The molecule has 1 saturated heterocycles. The summed E-state index contributed by atoms with van der Waals surface area (Å²) < 4.78 is 0. The van der Waals surface area contributed by atoms with E-state index in [9.17, 15) is 9.59 Å². The zero-order chi connectivity index (χ0) is 15.2. The van der Waals surface area contributed by atoms with Crippen LogP contribution in [-0.2, 0) is 16.1 Å². The number of benzene rings is 1. The highest BCUT2D eigenvalue weighted by Crippen LogP contribution is 2.11. The van der Waals surface area contributed by atoms with Gasteiger partial charge in [-0.15, -0.1) is 12.4 Å². The Hall–Kier alpha value is -1.59. The van der Waals surface area contributed by atoms with Gasteiger partial charge in [0.25, 0.3) is 0 Å². The molecule has 0 saturated carbocycles. The van der Waals surface area contributed by atoms with E-state index in [4.69, 9.17) is 0 Å². The number of carbonyl (C=O) groups is 2. The first-order valence-corrected chi connectivity index (χ1v) is 7.47. The number of hydrogen-bond donors (Lipinski definition) is 3. The molecule has 1 aliphatic rings. The second kappa shape index (κ2) is 8.76. The van der Waals surface area contributed by atoms with E-state index in [0.717, 1.165) is 30.6 Å². The van der Waals surface area contributed by atoms with Crippen molar-refractivity contribution in [2.24, 2.45) is 5.92 Å². The lowest BCUT2D eigenvalue weighted by Gasteiger charge is -2.12. The van der Waals surface area contributed by atoms with Gasteiger partial charge in [0.2, 0.25) is 11.8 Å². The summed E-state index contributed by atoms with van der Waals surface area (Å²) in [7, 11) is 0. The first-order chi connectivity index (χ1) is 10.1. The lowest BCUT2D eigenvalue weighted by atomic mass is 10.1. The molecule has 5 nitrogen and oxygen atoms in total. The summed E-state index contributed by atoms with van der Waals surface area (Å²) in [4.78, 5) is 23.5. The molecule has 2 amide bonds. The number of halogens is 1. The van der Waals surface area contributed by atoms with Crippen molar-refractivity contribution in [2.75, 3.05) is 11.9 Å². The first-order valence-electron chi connectivity index (χ1n) is 7.47. The zero-order valence-electron chi connectivity index (χ0n) is 13.0. The van der Waals surface area contributed by atoms with Gasteiger partial charge in [-0.2, -0.15) is 0 Å². The van der Waals surface area contributed by atoms with Crippen LogP contribution in [-0.4, -0.2) is 24.4 Å². The third-order valence-corrected chi connectivity index (χ3v) is 3.59. The van der Waals surface area contributed by atoms with Crippen molar-refractivity contribution < 1.29 is 9.59 Å². The van der Waals surface area contributed by atoms with E-state index in [-0.39, 0.29) is 36.2 Å². The number of nitrogens with one attached hydrogen (secondary N) is 3. The van der Waals surface area contributed by atoms with E-state index in [0.29, 0.717) is 6.54 Å². The SMILES string of the molecule is CC(C)C(=O)Nc1ccc(CNC(=O)[C@@H]2CCCN2)cc1.Cl. The summed E-state index contributed by atoms with van der Waals surface area (Å²) in [5.41, 5.74) is 1.80. The summed E-state index contributed by atoms with van der Waals surface area (Å²) in [6.45, 7) is 5.14. The Kier molecular flexibility index (Phi) is 7.35. The van der Waals surface area contributed by atoms with Crippen molar-refractivity contribution in [3.05, 3.63) is 29.8 Å². The Morgan fingerprint density at radius 1 is 1.27 bits per heavy atom. The van der Waals surface area contributed by atoms with Crippen molar-refractivity contribution in [1.29, 1.82) is 0 Å². The highest BCUT2D eigenvalue weighted by molar-refractivity contribution is 5.92. The fourth-order valence-electron chi connectivity index (χ4n) is 2.21. The number of amides is 2. The summed E-state index contributed by atoms with van der Waals surface area (Å²) >= 11 is 0. The average Bonchev–Trinajstić information content (AvgIpc) is 3.00. The maximum atomic E-state index is 11.9. The Balaban J connectivity index is 0.00000242. The molecule has 1 aliphatic heterocycles. The molecule has 1 aromatic carbocycles. The molecular formula is C16H24ClN3O2. The van der Waals surface area contributed by atoms with Gasteiger partial charge in [0, 0.05) is 18.2 Å². The second-order valence-corrected chi connectivity index (χ2v) is 5.71. The molecule has 2 rings (SSSR count). The molecule has 22 heavy (non-hydrogen) atoms. The highest BCUT2D eigenvalue weighted by atomic mass is 35.5. The smallest absolute Gasteiger partial charge is 0.237 e. The van der Waals surface area contributed by atoms with Crippen LogP contribution in [0.15, 0.2) is 24.3 Å². The number of anilines is 1. The largest absolute Gasteiger partial charge is 0.351 e. The quantitative estimate of drug-likeness (QED) is 0.776. The Morgan fingerprint density at radius 2 is 1.95 bits per heavy atom. The minimum Gasteiger partial charge on any atom is -0.351 e. The van der Waals surface area contributed by atoms with Gasteiger partial charge in [-0.1, -0.05) is 26.0 Å². The maximum Gasteiger partial charge on any atom is 0.237 e. The molecule has 0 radical (unpaired) electrons. The molecule has 0 aliphatic carbocycles. The van der Waals surface area contributed by atoms with Gasteiger partial charge in [0.15, 0.2) is 0 Å². The summed E-state index contributed by atoms with van der Waals surface area (Å²) in [5.74, 6) is 0.0240. The monoisotopic (exact) mass is 325 g/mol. The van der Waals surface area contributed by atoms with E-state index < -0.39 is 0 Å². The normalized spacial score (nSPS) is 17.0. The van der Waals surface area contributed by atoms with Crippen molar-refractivity contribution >= 4 is 29.9 Å². The van der Waals surface area contributed by atoms with Crippen LogP contribution in [0.4, 0.5) is 5.69 Å². The first kappa shape index (κ1) is 18.5. The topological polar surface area (TPSA) is 70.2 Å². The van der Waals surface area contributed by atoms with Crippen molar-refractivity contribution in [2.45, 2.75) is 39.3 Å². The van der Waals surface area contributed by atoms with Gasteiger partial charge in [0.05, 0.1) is 6.04 Å². The minimum atomic E-state index is -0.0467. The van der Waals surface area contributed by atoms with Crippen molar-refractivity contribution in [3.8, 4) is 0 Å². The van der Waals surface area contributed by atoms with Crippen molar-refractivity contribution in [1.82, 2.24) is 10.6 Å². The molecule has 122 valence electrons. The van der Waals surface area contributed by atoms with Crippen LogP contribution < -0.4 is 16.0 Å². The van der Waals surface area contributed by atoms with Gasteiger partial charge < -0.3 is 16.0 Å². The Bertz CT molecular complexity index is 497. The summed E-state index contributed by atoms with van der Waals surface area (Å²) in [5, 5.41) is 8.95. The lowest BCUT2D eigenvalue weighted by molar-refractivity contribution is -0.123. The average molecular weight is 326 g/mol. The van der Waals surface area contributed by atoms with Gasteiger partial charge >= 0.3 is 0 Å². The van der Waals surface area contributed by atoms with Gasteiger partial charge in [-0.25, -0.2) is 0 Å². The number of carbonyl (C=O) groups excluding carboxylic acids is 2. The molecule has 1 heterocycles. The van der Waals surface area contributed by atoms with Gasteiger partial charge in [0.1, 0.15) is 0 Å². The van der Waals surface area contributed by atoms with Gasteiger partial charge in [-0.3, -0.25) is 9.59 Å². The predicted octanol–water partition coefficient (Wildman–Crippen LogP) is 2.07. The van der Waals surface area contributed by atoms with E-state index in [1.165, 1.54) is 0 Å². The molecular weight excluding hydrogens is 302 g/mol. The Labute approximate surface area is 137 Å². The molecule has 0 unspecified atom stereocenters. The molecule has 1 aromatic rings. The number of rotatable bonds is 5. The molecule has 0 bridgehead atoms. The van der Waals surface area contributed by atoms with E-state index >= 15 is 0 Å². The standard InChI is InChI=1S/C16H23N3O2.ClH/c1-11(2)15(20)19-13-7-5-12(6-8-13)10-18-16(21)14-4-3-9-17-14;/h5-8,11,14,17H,3-4,9-10H2,1-2H3,(H,18,21)(H,19,20);1H/t14-;/m0./s1. The lowest BCUT2D eigenvalue weighted by Crippen LogP contribution is -2.39.